The van der Waals surface area contributed by atoms with Crippen molar-refractivity contribution in [2.45, 2.75) is 26.2 Å². The minimum atomic E-state index is 0.00450. The van der Waals surface area contributed by atoms with Crippen molar-refractivity contribution in [1.29, 1.82) is 0 Å². The van der Waals surface area contributed by atoms with Gasteiger partial charge in [-0.2, -0.15) is 0 Å². The first-order valence-electron chi connectivity index (χ1n) is 17.1. The summed E-state index contributed by atoms with van der Waals surface area (Å²) in [5.74, 6) is 0. The summed E-state index contributed by atoms with van der Waals surface area (Å²) in [6.07, 6.45) is 0. The molecule has 0 aliphatic carbocycles. The van der Waals surface area contributed by atoms with E-state index in [0.717, 1.165) is 17.1 Å². The van der Waals surface area contributed by atoms with Crippen LogP contribution in [0.25, 0.3) is 54.9 Å². The first-order valence-corrected chi connectivity index (χ1v) is 17.1. The Hall–Kier alpha value is -5.92. The molecule has 0 fully saturated rings. The summed E-state index contributed by atoms with van der Waals surface area (Å²) in [7, 11) is 0. The Morgan fingerprint density at radius 3 is 1.63 bits per heavy atom. The molecule has 0 unspecified atom stereocenters. The van der Waals surface area contributed by atoms with Crippen LogP contribution in [0.3, 0.4) is 0 Å². The van der Waals surface area contributed by atoms with E-state index < -0.39 is 0 Å². The zero-order valence-corrected chi connectivity index (χ0v) is 28.3. The lowest BCUT2D eigenvalue weighted by Gasteiger charge is -2.31. The lowest BCUT2D eigenvalue weighted by atomic mass is 9.84. The molecule has 8 aromatic carbocycles. The molecule has 49 heavy (non-hydrogen) atoms. The number of rotatable bonds is 6. The van der Waals surface area contributed by atoms with Crippen LogP contribution in [0.4, 0.5) is 17.1 Å². The highest BCUT2D eigenvalue weighted by atomic mass is 15.1. The van der Waals surface area contributed by atoms with Crippen LogP contribution >= 0.6 is 0 Å². The number of hydrogen-bond donors (Lipinski definition) is 0. The Morgan fingerprint density at radius 2 is 0.918 bits per heavy atom. The third kappa shape index (κ3) is 5.79. The SMILES string of the molecule is CC(C)(C)c1ccc(N(c2ccc3ccccc3c2)c2ccccc2-c2cccc3cccc(-c4ccccc4)c23)c(-c2ccccc2)c1. The van der Waals surface area contributed by atoms with Gasteiger partial charge in [-0.15, -0.1) is 0 Å². The van der Waals surface area contributed by atoms with Crippen LogP contribution in [0.2, 0.25) is 0 Å². The van der Waals surface area contributed by atoms with E-state index in [4.69, 9.17) is 0 Å². The van der Waals surface area contributed by atoms with Crippen molar-refractivity contribution in [2.75, 3.05) is 4.90 Å². The van der Waals surface area contributed by atoms with Gasteiger partial charge in [-0.1, -0.05) is 172 Å². The smallest absolute Gasteiger partial charge is 0.0540 e. The topological polar surface area (TPSA) is 3.24 Å². The predicted molar refractivity (Wildman–Crippen MR) is 211 cm³/mol. The highest BCUT2D eigenvalue weighted by Gasteiger charge is 2.24. The maximum atomic E-state index is 2.47. The van der Waals surface area contributed by atoms with Crippen LogP contribution in [0.5, 0.6) is 0 Å². The van der Waals surface area contributed by atoms with Crippen LogP contribution in [-0.4, -0.2) is 0 Å². The van der Waals surface area contributed by atoms with Crippen molar-refractivity contribution in [3.8, 4) is 33.4 Å². The maximum Gasteiger partial charge on any atom is 0.0540 e. The molecule has 0 radical (unpaired) electrons. The zero-order chi connectivity index (χ0) is 33.4. The van der Waals surface area contributed by atoms with Gasteiger partial charge in [-0.3, -0.25) is 0 Å². The van der Waals surface area contributed by atoms with Gasteiger partial charge in [-0.05, 0) is 85.1 Å². The highest BCUT2D eigenvalue weighted by molar-refractivity contribution is 6.09. The minimum absolute atomic E-state index is 0.00450. The second-order valence-corrected chi connectivity index (χ2v) is 13.8. The standard InChI is InChI=1S/C48H39N/c1-48(2,3)39-29-31-46(44(33-39)36-19-8-5-9-20-36)49(40-30-28-34-16-10-11-21-38(34)32-40)45-27-13-12-24-42(45)43-26-15-23-37-22-14-25-41(47(37)43)35-17-6-4-7-18-35/h4-33H,1-3H3. The van der Waals surface area contributed by atoms with E-state index in [1.807, 2.05) is 0 Å². The van der Waals surface area contributed by atoms with Gasteiger partial charge in [0.15, 0.2) is 0 Å². The van der Waals surface area contributed by atoms with Crippen molar-refractivity contribution in [3.05, 3.63) is 188 Å². The first kappa shape index (κ1) is 30.4. The molecule has 8 aromatic rings. The number of para-hydroxylation sites is 1. The van der Waals surface area contributed by atoms with E-state index in [1.165, 1.54) is 60.5 Å². The first-order chi connectivity index (χ1) is 24.0. The van der Waals surface area contributed by atoms with Crippen LogP contribution in [-0.2, 0) is 5.41 Å². The molecule has 0 amide bonds. The van der Waals surface area contributed by atoms with Crippen molar-refractivity contribution in [3.63, 3.8) is 0 Å². The summed E-state index contributed by atoms with van der Waals surface area (Å²) >= 11 is 0. The number of anilines is 3. The van der Waals surface area contributed by atoms with Gasteiger partial charge in [0.1, 0.15) is 0 Å². The molecular formula is C48H39N. The van der Waals surface area contributed by atoms with E-state index in [2.05, 4.69) is 208 Å². The molecule has 1 nitrogen and oxygen atoms in total. The van der Waals surface area contributed by atoms with E-state index in [1.54, 1.807) is 0 Å². The Morgan fingerprint density at radius 1 is 0.367 bits per heavy atom. The molecule has 0 aliphatic rings. The van der Waals surface area contributed by atoms with Crippen molar-refractivity contribution < 1.29 is 0 Å². The van der Waals surface area contributed by atoms with E-state index in [0.29, 0.717) is 0 Å². The van der Waals surface area contributed by atoms with Crippen LogP contribution in [0.15, 0.2) is 182 Å². The summed E-state index contributed by atoms with van der Waals surface area (Å²) < 4.78 is 0. The minimum Gasteiger partial charge on any atom is -0.309 e. The van der Waals surface area contributed by atoms with Gasteiger partial charge in [0.2, 0.25) is 0 Å². The average molecular weight is 630 g/mol. The van der Waals surface area contributed by atoms with Gasteiger partial charge >= 0.3 is 0 Å². The molecule has 0 atom stereocenters. The fraction of sp³-hybridized carbons (Fsp3) is 0.0833. The Labute approximate surface area is 289 Å². The third-order valence-corrected chi connectivity index (χ3v) is 9.60. The number of benzene rings is 8. The zero-order valence-electron chi connectivity index (χ0n) is 28.3. The molecule has 0 heterocycles. The third-order valence-electron chi connectivity index (χ3n) is 9.60. The van der Waals surface area contributed by atoms with Gasteiger partial charge in [0.05, 0.1) is 11.4 Å². The summed E-state index contributed by atoms with van der Waals surface area (Å²) in [6, 6.07) is 66.3. The van der Waals surface area contributed by atoms with Crippen LogP contribution < -0.4 is 4.90 Å². The van der Waals surface area contributed by atoms with E-state index in [-0.39, 0.29) is 5.41 Å². The number of nitrogens with zero attached hydrogens (tertiary/aromatic N) is 1. The molecule has 236 valence electrons. The second-order valence-electron chi connectivity index (χ2n) is 13.8. The molecule has 0 aromatic heterocycles. The molecule has 1 heteroatoms. The number of hydrogen-bond acceptors (Lipinski definition) is 1. The Balaban J connectivity index is 1.44. The quantitative estimate of drug-likeness (QED) is 0.177. The molecule has 0 N–H and O–H groups in total. The highest BCUT2D eigenvalue weighted by Crippen LogP contribution is 2.48. The molecule has 0 saturated carbocycles. The van der Waals surface area contributed by atoms with Gasteiger partial charge in [-0.25, -0.2) is 0 Å². The lowest BCUT2D eigenvalue weighted by Crippen LogP contribution is -2.15. The maximum absolute atomic E-state index is 2.47. The predicted octanol–water partition coefficient (Wildman–Crippen LogP) is 13.8. The van der Waals surface area contributed by atoms with E-state index >= 15 is 0 Å². The van der Waals surface area contributed by atoms with Crippen LogP contribution in [0, 0.1) is 0 Å². The molecule has 0 bridgehead atoms. The van der Waals surface area contributed by atoms with Crippen molar-refractivity contribution in [2.24, 2.45) is 0 Å². The van der Waals surface area contributed by atoms with Crippen LogP contribution in [0.1, 0.15) is 26.3 Å². The Bertz CT molecular complexity index is 2410. The summed E-state index contributed by atoms with van der Waals surface area (Å²) in [5.41, 5.74) is 12.0. The van der Waals surface area contributed by atoms with Gasteiger partial charge < -0.3 is 4.90 Å². The van der Waals surface area contributed by atoms with Gasteiger partial charge in [0, 0.05) is 16.8 Å². The molecule has 0 saturated heterocycles. The lowest BCUT2D eigenvalue weighted by molar-refractivity contribution is 0.590. The summed E-state index contributed by atoms with van der Waals surface area (Å²) in [6.45, 7) is 6.87. The molecule has 8 rings (SSSR count). The second kappa shape index (κ2) is 12.6. The Kier molecular flexibility index (Phi) is 7.82. The molecule has 0 aliphatic heterocycles. The summed E-state index contributed by atoms with van der Waals surface area (Å²) in [5, 5.41) is 4.93. The fourth-order valence-electron chi connectivity index (χ4n) is 7.09. The normalized spacial score (nSPS) is 11.6. The largest absolute Gasteiger partial charge is 0.309 e. The molecule has 0 spiro atoms. The number of fused-ring (bicyclic) bond motifs is 2. The fourth-order valence-corrected chi connectivity index (χ4v) is 7.09. The van der Waals surface area contributed by atoms with Crippen molar-refractivity contribution >= 4 is 38.6 Å². The van der Waals surface area contributed by atoms with Crippen molar-refractivity contribution in [1.82, 2.24) is 0 Å². The van der Waals surface area contributed by atoms with E-state index in [9.17, 15) is 0 Å². The average Bonchev–Trinajstić information content (AvgIpc) is 3.15. The monoisotopic (exact) mass is 629 g/mol. The van der Waals surface area contributed by atoms with Gasteiger partial charge in [0.25, 0.3) is 0 Å². The molecular weight excluding hydrogens is 591 g/mol. The summed E-state index contributed by atoms with van der Waals surface area (Å²) in [4.78, 5) is 2.47.